The number of hydrogen-bond donors (Lipinski definition) is 2. The maximum Gasteiger partial charge on any atom is 0.229 e. The molecular formula is C20H21FN4O. The molecule has 0 bridgehead atoms. The molecule has 134 valence electrons. The Kier molecular flexibility index (Phi) is 5.63. The van der Waals surface area contributed by atoms with Gasteiger partial charge in [0.25, 0.3) is 0 Å². The molecule has 5 nitrogen and oxygen atoms in total. The Balaban J connectivity index is 1.64. The van der Waals surface area contributed by atoms with E-state index >= 15 is 0 Å². The summed E-state index contributed by atoms with van der Waals surface area (Å²) < 4.78 is 18.8. The molecule has 1 heterocycles. The monoisotopic (exact) mass is 352 g/mol. The average molecular weight is 352 g/mol. The molecule has 2 N–H and O–H groups in total. The van der Waals surface area contributed by atoms with Gasteiger partial charge in [0.1, 0.15) is 17.4 Å². The van der Waals surface area contributed by atoms with Crippen LogP contribution in [0.1, 0.15) is 11.3 Å². The van der Waals surface area contributed by atoms with Gasteiger partial charge in [-0.3, -0.25) is 0 Å². The molecule has 0 spiro atoms. The van der Waals surface area contributed by atoms with Crippen LogP contribution in [0.5, 0.6) is 5.75 Å². The lowest BCUT2D eigenvalue weighted by Crippen LogP contribution is -2.09. The van der Waals surface area contributed by atoms with Crippen molar-refractivity contribution in [3.05, 3.63) is 71.7 Å². The molecule has 0 saturated carbocycles. The molecule has 0 radical (unpaired) electrons. The Morgan fingerprint density at radius 1 is 1.04 bits per heavy atom. The van der Waals surface area contributed by atoms with Crippen LogP contribution >= 0.6 is 0 Å². The summed E-state index contributed by atoms with van der Waals surface area (Å²) in [6.07, 6.45) is 0.580. The Morgan fingerprint density at radius 2 is 1.81 bits per heavy atom. The zero-order chi connectivity index (χ0) is 18.4. The summed E-state index contributed by atoms with van der Waals surface area (Å²) in [4.78, 5) is 8.87. The van der Waals surface area contributed by atoms with Crippen LogP contribution in [0.3, 0.4) is 0 Å². The van der Waals surface area contributed by atoms with Crippen LogP contribution < -0.4 is 15.4 Å². The Hall–Kier alpha value is -3.15. The number of aromatic nitrogens is 2. The third kappa shape index (κ3) is 4.69. The van der Waals surface area contributed by atoms with E-state index in [0.29, 0.717) is 30.3 Å². The van der Waals surface area contributed by atoms with Gasteiger partial charge in [-0.15, -0.1) is 0 Å². The van der Waals surface area contributed by atoms with Gasteiger partial charge in [0.05, 0.1) is 7.11 Å². The highest BCUT2D eigenvalue weighted by Crippen LogP contribution is 2.19. The standard InChI is InChI=1S/C20H21FN4O/c1-14-13-19(22-12-11-15-5-3-4-6-18(15)21)25-20(23-14)24-16-7-9-17(26-2)10-8-16/h3-10,13H,11-12H2,1-2H3,(H2,22,23,24,25). The lowest BCUT2D eigenvalue weighted by atomic mass is 10.1. The van der Waals surface area contributed by atoms with E-state index in [-0.39, 0.29) is 5.82 Å². The van der Waals surface area contributed by atoms with Crippen LogP contribution in [-0.4, -0.2) is 23.6 Å². The topological polar surface area (TPSA) is 59.1 Å². The third-order valence-corrected chi connectivity index (χ3v) is 3.86. The minimum Gasteiger partial charge on any atom is -0.497 e. The molecule has 1 aromatic heterocycles. The van der Waals surface area contributed by atoms with Gasteiger partial charge < -0.3 is 15.4 Å². The van der Waals surface area contributed by atoms with Crippen molar-refractivity contribution in [2.45, 2.75) is 13.3 Å². The molecule has 0 atom stereocenters. The van der Waals surface area contributed by atoms with Gasteiger partial charge in [-0.2, -0.15) is 4.98 Å². The molecule has 0 aliphatic carbocycles. The molecule has 26 heavy (non-hydrogen) atoms. The van der Waals surface area contributed by atoms with Crippen molar-refractivity contribution in [1.82, 2.24) is 9.97 Å². The molecule has 0 amide bonds. The van der Waals surface area contributed by atoms with Crippen molar-refractivity contribution in [2.75, 3.05) is 24.3 Å². The van der Waals surface area contributed by atoms with E-state index in [1.807, 2.05) is 43.3 Å². The number of nitrogens with zero attached hydrogens (tertiary/aromatic N) is 2. The number of benzene rings is 2. The van der Waals surface area contributed by atoms with Gasteiger partial charge in [-0.05, 0) is 49.2 Å². The van der Waals surface area contributed by atoms with Crippen LogP contribution in [0.4, 0.5) is 21.8 Å². The minimum absolute atomic E-state index is 0.185. The van der Waals surface area contributed by atoms with Crippen LogP contribution in [0.15, 0.2) is 54.6 Å². The van der Waals surface area contributed by atoms with E-state index < -0.39 is 0 Å². The normalized spacial score (nSPS) is 10.4. The Bertz CT molecular complexity index is 868. The summed E-state index contributed by atoms with van der Waals surface area (Å²) in [6.45, 7) is 2.49. The lowest BCUT2D eigenvalue weighted by Gasteiger charge is -2.10. The highest BCUT2D eigenvalue weighted by molar-refractivity contribution is 5.56. The summed E-state index contributed by atoms with van der Waals surface area (Å²) in [6, 6.07) is 16.2. The molecule has 0 saturated heterocycles. The van der Waals surface area contributed by atoms with Gasteiger partial charge in [-0.25, -0.2) is 9.37 Å². The highest BCUT2D eigenvalue weighted by Gasteiger charge is 2.05. The zero-order valence-corrected chi connectivity index (χ0v) is 14.8. The highest BCUT2D eigenvalue weighted by atomic mass is 19.1. The molecule has 0 aliphatic heterocycles. The molecule has 6 heteroatoms. The zero-order valence-electron chi connectivity index (χ0n) is 14.8. The van der Waals surface area contributed by atoms with E-state index in [2.05, 4.69) is 20.6 Å². The number of halogens is 1. The lowest BCUT2D eigenvalue weighted by molar-refractivity contribution is 0.415. The molecule has 2 aromatic carbocycles. The second-order valence-corrected chi connectivity index (χ2v) is 5.84. The fraction of sp³-hybridized carbons (Fsp3) is 0.200. The summed E-state index contributed by atoms with van der Waals surface area (Å²) in [5, 5.41) is 6.40. The van der Waals surface area contributed by atoms with E-state index in [1.54, 1.807) is 19.2 Å². The van der Waals surface area contributed by atoms with Crippen molar-refractivity contribution >= 4 is 17.5 Å². The smallest absolute Gasteiger partial charge is 0.229 e. The van der Waals surface area contributed by atoms with Crippen molar-refractivity contribution in [2.24, 2.45) is 0 Å². The summed E-state index contributed by atoms with van der Waals surface area (Å²) in [7, 11) is 1.63. The number of nitrogens with one attached hydrogen (secondary N) is 2. The number of anilines is 3. The minimum atomic E-state index is -0.185. The van der Waals surface area contributed by atoms with E-state index in [9.17, 15) is 4.39 Å². The first kappa shape index (κ1) is 17.7. The van der Waals surface area contributed by atoms with Crippen LogP contribution in [0, 0.1) is 12.7 Å². The van der Waals surface area contributed by atoms with Gasteiger partial charge >= 0.3 is 0 Å². The fourth-order valence-electron chi connectivity index (χ4n) is 2.54. The van der Waals surface area contributed by atoms with Crippen LogP contribution in [0.25, 0.3) is 0 Å². The molecule has 3 rings (SSSR count). The molecule has 3 aromatic rings. The van der Waals surface area contributed by atoms with E-state index in [0.717, 1.165) is 17.1 Å². The van der Waals surface area contributed by atoms with Crippen LogP contribution in [-0.2, 0) is 6.42 Å². The predicted octanol–water partition coefficient (Wildman–Crippen LogP) is 4.33. The van der Waals surface area contributed by atoms with Crippen molar-refractivity contribution in [3.8, 4) is 5.75 Å². The van der Waals surface area contributed by atoms with Crippen molar-refractivity contribution < 1.29 is 9.13 Å². The number of ether oxygens (including phenoxy) is 1. The van der Waals surface area contributed by atoms with Gasteiger partial charge in [0, 0.05) is 24.0 Å². The van der Waals surface area contributed by atoms with Gasteiger partial charge in [-0.1, -0.05) is 18.2 Å². The second kappa shape index (κ2) is 8.29. The Labute approximate surface area is 152 Å². The Morgan fingerprint density at radius 3 is 2.54 bits per heavy atom. The van der Waals surface area contributed by atoms with Crippen molar-refractivity contribution in [1.29, 1.82) is 0 Å². The second-order valence-electron chi connectivity index (χ2n) is 5.84. The van der Waals surface area contributed by atoms with E-state index in [4.69, 9.17) is 4.74 Å². The summed E-state index contributed by atoms with van der Waals surface area (Å²) >= 11 is 0. The van der Waals surface area contributed by atoms with Gasteiger partial charge in [0.2, 0.25) is 5.95 Å². The first-order valence-corrected chi connectivity index (χ1v) is 8.38. The average Bonchev–Trinajstić information content (AvgIpc) is 2.63. The molecule has 0 aliphatic rings. The maximum absolute atomic E-state index is 13.7. The largest absolute Gasteiger partial charge is 0.497 e. The predicted molar refractivity (Wildman–Crippen MR) is 102 cm³/mol. The SMILES string of the molecule is COc1ccc(Nc2nc(C)cc(NCCc3ccccc3F)n2)cc1. The van der Waals surface area contributed by atoms with E-state index in [1.165, 1.54) is 6.07 Å². The number of methoxy groups -OCH3 is 1. The summed E-state index contributed by atoms with van der Waals surface area (Å²) in [5.74, 6) is 1.81. The number of rotatable bonds is 7. The fourth-order valence-corrected chi connectivity index (χ4v) is 2.54. The van der Waals surface area contributed by atoms with Crippen LogP contribution in [0.2, 0.25) is 0 Å². The number of aryl methyl sites for hydroxylation is 1. The molecule has 0 fully saturated rings. The van der Waals surface area contributed by atoms with Crippen molar-refractivity contribution in [3.63, 3.8) is 0 Å². The third-order valence-electron chi connectivity index (χ3n) is 3.86. The first-order chi connectivity index (χ1) is 12.6. The molecular weight excluding hydrogens is 331 g/mol. The maximum atomic E-state index is 13.7. The number of hydrogen-bond acceptors (Lipinski definition) is 5. The first-order valence-electron chi connectivity index (χ1n) is 8.38. The molecule has 0 unspecified atom stereocenters. The quantitative estimate of drug-likeness (QED) is 0.663. The van der Waals surface area contributed by atoms with Gasteiger partial charge in [0.15, 0.2) is 0 Å². The summed E-state index contributed by atoms with van der Waals surface area (Å²) in [5.41, 5.74) is 2.39.